The Kier molecular flexibility index (Phi) is 2.36. The zero-order valence-electron chi connectivity index (χ0n) is 8.00. The van der Waals surface area contributed by atoms with Crippen molar-refractivity contribution >= 4 is 22.5 Å². The Balaban J connectivity index is 2.83. The van der Waals surface area contributed by atoms with Crippen molar-refractivity contribution in [3.8, 4) is 0 Å². The van der Waals surface area contributed by atoms with E-state index in [1.807, 2.05) is 6.92 Å². The topological polar surface area (TPSA) is 65.7 Å². The first-order valence-electron chi connectivity index (χ1n) is 4.48. The third-order valence-corrected chi connectivity index (χ3v) is 2.47. The normalized spacial score (nSPS) is 12.9. The Hall–Kier alpha value is -1.55. The molecule has 1 atom stereocenters. The fourth-order valence-corrected chi connectivity index (χ4v) is 1.57. The molecule has 0 bridgehead atoms. The van der Waals surface area contributed by atoms with E-state index in [2.05, 4.69) is 9.97 Å². The molecule has 0 amide bonds. The number of nitrogens with one attached hydrogen (secondary N) is 2. The van der Waals surface area contributed by atoms with Crippen molar-refractivity contribution in [1.82, 2.24) is 9.97 Å². The minimum Gasteiger partial charge on any atom is -0.307 e. The van der Waals surface area contributed by atoms with Crippen LogP contribution in [-0.2, 0) is 0 Å². The van der Waals surface area contributed by atoms with Gasteiger partial charge in [0.2, 0.25) is 0 Å². The number of rotatable bonds is 1. The van der Waals surface area contributed by atoms with Crippen LogP contribution in [0.4, 0.5) is 0 Å². The number of hydrogen-bond acceptors (Lipinski definition) is 2. The van der Waals surface area contributed by atoms with E-state index >= 15 is 0 Å². The van der Waals surface area contributed by atoms with Crippen LogP contribution in [0.25, 0.3) is 10.9 Å². The van der Waals surface area contributed by atoms with E-state index in [0.717, 1.165) is 5.56 Å². The number of halogens is 1. The number of hydrogen-bond donors (Lipinski definition) is 2. The molecule has 1 aromatic heterocycles. The quantitative estimate of drug-likeness (QED) is 0.722. The van der Waals surface area contributed by atoms with Gasteiger partial charge in [-0.25, -0.2) is 4.79 Å². The maximum atomic E-state index is 11.5. The number of aromatic nitrogens is 2. The summed E-state index contributed by atoms with van der Waals surface area (Å²) in [6, 6.07) is 5.15. The Morgan fingerprint density at radius 1 is 1.27 bits per heavy atom. The van der Waals surface area contributed by atoms with Gasteiger partial charge in [-0.05, 0) is 24.6 Å². The van der Waals surface area contributed by atoms with E-state index < -0.39 is 11.2 Å². The third-order valence-electron chi connectivity index (χ3n) is 2.22. The molecule has 15 heavy (non-hydrogen) atoms. The lowest BCUT2D eigenvalue weighted by molar-refractivity contribution is 1.06. The van der Waals surface area contributed by atoms with Crippen LogP contribution in [0.5, 0.6) is 0 Å². The average Bonchev–Trinajstić information content (AvgIpc) is 2.16. The average molecular weight is 225 g/mol. The van der Waals surface area contributed by atoms with E-state index in [4.69, 9.17) is 11.6 Å². The van der Waals surface area contributed by atoms with Crippen molar-refractivity contribution in [2.24, 2.45) is 0 Å². The predicted octanol–water partition coefficient (Wildman–Crippen LogP) is 1.52. The minimum atomic E-state index is -0.501. The lowest BCUT2D eigenvalue weighted by atomic mass is 10.1. The van der Waals surface area contributed by atoms with Crippen LogP contribution in [-0.4, -0.2) is 9.97 Å². The first-order valence-corrected chi connectivity index (χ1v) is 4.92. The Labute approximate surface area is 89.9 Å². The van der Waals surface area contributed by atoms with Gasteiger partial charge in [0.15, 0.2) is 0 Å². The largest absolute Gasteiger partial charge is 0.326 e. The number of benzene rings is 1. The standard InChI is InChI=1S/C10H9ClN2O2/c1-5(11)6-2-3-8-7(4-6)9(14)13-10(15)12-8/h2-5H,1H3,(H2,12,13,14,15). The molecule has 0 radical (unpaired) electrons. The Morgan fingerprint density at radius 3 is 2.67 bits per heavy atom. The molecule has 0 saturated carbocycles. The second-order valence-corrected chi connectivity index (χ2v) is 3.98. The van der Waals surface area contributed by atoms with E-state index in [0.29, 0.717) is 10.9 Å². The number of aromatic amines is 2. The maximum Gasteiger partial charge on any atom is 0.326 e. The third kappa shape index (κ3) is 1.80. The summed E-state index contributed by atoms with van der Waals surface area (Å²) in [6.07, 6.45) is 0. The molecule has 2 aromatic rings. The molecular weight excluding hydrogens is 216 g/mol. The molecule has 0 saturated heterocycles. The van der Waals surface area contributed by atoms with Crippen LogP contribution in [0.15, 0.2) is 27.8 Å². The van der Waals surface area contributed by atoms with Gasteiger partial charge in [0.05, 0.1) is 16.3 Å². The van der Waals surface area contributed by atoms with Gasteiger partial charge >= 0.3 is 5.69 Å². The van der Waals surface area contributed by atoms with Gasteiger partial charge in [0.1, 0.15) is 0 Å². The fraction of sp³-hybridized carbons (Fsp3) is 0.200. The summed E-state index contributed by atoms with van der Waals surface area (Å²) in [7, 11) is 0. The predicted molar refractivity (Wildman–Crippen MR) is 59.5 cm³/mol. The molecule has 1 heterocycles. The van der Waals surface area contributed by atoms with Crippen LogP contribution in [0, 0.1) is 0 Å². The summed E-state index contributed by atoms with van der Waals surface area (Å²) < 4.78 is 0. The minimum absolute atomic E-state index is 0.166. The zero-order valence-corrected chi connectivity index (χ0v) is 8.76. The molecule has 0 aliphatic heterocycles. The molecule has 4 nitrogen and oxygen atoms in total. The molecule has 2 rings (SSSR count). The van der Waals surface area contributed by atoms with E-state index in [1.54, 1.807) is 18.2 Å². The second-order valence-electron chi connectivity index (χ2n) is 3.33. The van der Waals surface area contributed by atoms with Gasteiger partial charge in [0.25, 0.3) is 5.56 Å². The molecule has 0 spiro atoms. The van der Waals surface area contributed by atoms with Crippen LogP contribution in [0.1, 0.15) is 17.9 Å². The van der Waals surface area contributed by atoms with Crippen molar-refractivity contribution in [2.75, 3.05) is 0 Å². The SMILES string of the molecule is CC(Cl)c1ccc2[nH]c(=O)[nH]c(=O)c2c1. The van der Waals surface area contributed by atoms with Crippen molar-refractivity contribution in [3.05, 3.63) is 44.6 Å². The number of fused-ring (bicyclic) bond motifs is 1. The molecule has 0 fully saturated rings. The van der Waals surface area contributed by atoms with Crippen molar-refractivity contribution < 1.29 is 0 Å². The molecule has 2 N–H and O–H groups in total. The lowest BCUT2D eigenvalue weighted by Gasteiger charge is -2.03. The first kappa shape index (κ1) is 9.98. The van der Waals surface area contributed by atoms with Crippen LogP contribution >= 0.6 is 11.6 Å². The van der Waals surface area contributed by atoms with Gasteiger partial charge in [-0.3, -0.25) is 9.78 Å². The summed E-state index contributed by atoms with van der Waals surface area (Å²) in [5.41, 5.74) is 0.471. The smallest absolute Gasteiger partial charge is 0.307 e. The molecule has 78 valence electrons. The molecule has 1 aromatic carbocycles. The lowest BCUT2D eigenvalue weighted by Crippen LogP contribution is -2.21. The van der Waals surface area contributed by atoms with Crippen molar-refractivity contribution in [3.63, 3.8) is 0 Å². The van der Waals surface area contributed by atoms with Gasteiger partial charge in [-0.1, -0.05) is 6.07 Å². The summed E-state index contributed by atoms with van der Waals surface area (Å²) in [4.78, 5) is 27.2. The molecule has 5 heteroatoms. The fourth-order valence-electron chi connectivity index (χ4n) is 1.43. The zero-order chi connectivity index (χ0) is 11.0. The highest BCUT2D eigenvalue weighted by Gasteiger charge is 2.05. The number of H-pyrrole nitrogens is 2. The van der Waals surface area contributed by atoms with Crippen LogP contribution in [0.2, 0.25) is 0 Å². The molecule has 0 aliphatic carbocycles. The summed E-state index contributed by atoms with van der Waals surface area (Å²) in [6.45, 7) is 1.82. The molecule has 1 unspecified atom stereocenters. The monoisotopic (exact) mass is 224 g/mol. The molecule has 0 aliphatic rings. The Morgan fingerprint density at radius 2 is 2.00 bits per heavy atom. The van der Waals surface area contributed by atoms with Gasteiger partial charge in [0, 0.05) is 0 Å². The van der Waals surface area contributed by atoms with Crippen molar-refractivity contribution in [1.29, 1.82) is 0 Å². The Bertz CT molecular complexity index is 613. The van der Waals surface area contributed by atoms with Crippen molar-refractivity contribution in [2.45, 2.75) is 12.3 Å². The van der Waals surface area contributed by atoms with E-state index in [-0.39, 0.29) is 5.38 Å². The summed E-state index contributed by atoms with van der Waals surface area (Å²) in [5.74, 6) is 0. The van der Waals surface area contributed by atoms with Crippen LogP contribution in [0.3, 0.4) is 0 Å². The van der Waals surface area contributed by atoms with Gasteiger partial charge in [-0.15, -0.1) is 11.6 Å². The second kappa shape index (κ2) is 3.55. The summed E-state index contributed by atoms with van der Waals surface area (Å²) >= 11 is 5.90. The van der Waals surface area contributed by atoms with Crippen LogP contribution < -0.4 is 11.2 Å². The highest BCUT2D eigenvalue weighted by Crippen LogP contribution is 2.21. The highest BCUT2D eigenvalue weighted by atomic mass is 35.5. The highest BCUT2D eigenvalue weighted by molar-refractivity contribution is 6.20. The maximum absolute atomic E-state index is 11.5. The van der Waals surface area contributed by atoms with Gasteiger partial charge < -0.3 is 4.98 Å². The van der Waals surface area contributed by atoms with Gasteiger partial charge in [-0.2, -0.15) is 0 Å². The van der Waals surface area contributed by atoms with E-state index in [1.165, 1.54) is 0 Å². The number of alkyl halides is 1. The first-order chi connectivity index (χ1) is 7.08. The van der Waals surface area contributed by atoms with E-state index in [9.17, 15) is 9.59 Å². The summed E-state index contributed by atoms with van der Waals surface area (Å²) in [5, 5.41) is 0.278. The molecular formula is C10H9ClN2O2.